The Balaban J connectivity index is 0.00000420. The van der Waals surface area contributed by atoms with Gasteiger partial charge in [0.2, 0.25) is 0 Å². The van der Waals surface area contributed by atoms with E-state index in [9.17, 15) is 19.5 Å². The summed E-state index contributed by atoms with van der Waals surface area (Å²) in [5.41, 5.74) is 2.37. The minimum Gasteiger partial charge on any atom is -0.550 e. The summed E-state index contributed by atoms with van der Waals surface area (Å²) in [6, 6.07) is 14.8. The number of benzene rings is 2. The number of amides is 1. The molecular formula is C31H36ClN2NaO4. The maximum absolute atomic E-state index is 13.8. The third-order valence-corrected chi connectivity index (χ3v) is 8.42. The summed E-state index contributed by atoms with van der Waals surface area (Å²) in [6.45, 7) is 7.37. The van der Waals surface area contributed by atoms with Crippen LogP contribution in [0.25, 0.3) is 0 Å². The number of carboxylic acid groups (broad SMARTS) is 1. The van der Waals surface area contributed by atoms with Crippen molar-refractivity contribution in [1.29, 1.82) is 0 Å². The van der Waals surface area contributed by atoms with E-state index in [1.807, 2.05) is 35.2 Å². The average Bonchev–Trinajstić information content (AvgIpc) is 3.13. The number of rotatable bonds is 9. The molecule has 1 amide bonds. The van der Waals surface area contributed by atoms with Gasteiger partial charge in [-0.3, -0.25) is 14.6 Å². The van der Waals surface area contributed by atoms with E-state index < -0.39 is 11.6 Å². The zero-order chi connectivity index (χ0) is 27.5. The topological polar surface area (TPSA) is 89.9 Å². The first-order valence-corrected chi connectivity index (χ1v) is 13.9. The molecule has 0 aromatic heterocycles. The van der Waals surface area contributed by atoms with Crippen LogP contribution in [0.15, 0.2) is 53.5 Å². The van der Waals surface area contributed by atoms with Crippen molar-refractivity contribution in [1.82, 2.24) is 4.90 Å². The van der Waals surface area contributed by atoms with Crippen molar-refractivity contribution in [3.8, 4) is 0 Å². The zero-order valence-corrected chi connectivity index (χ0v) is 26.2. The number of ketones is 1. The number of Topliss-reactive ketones (excluding diaryl/α,β-unsaturated/α-hetero) is 1. The van der Waals surface area contributed by atoms with Crippen molar-refractivity contribution in [2.75, 3.05) is 6.54 Å². The van der Waals surface area contributed by atoms with E-state index in [0.717, 1.165) is 31.2 Å². The third kappa shape index (κ3) is 7.40. The first-order valence-electron chi connectivity index (χ1n) is 13.5. The number of carbonyl (C=O) groups excluding carboxylic acids is 3. The minimum atomic E-state index is -1.14. The van der Waals surface area contributed by atoms with Gasteiger partial charge in [-0.25, -0.2) is 0 Å². The van der Waals surface area contributed by atoms with Crippen molar-refractivity contribution in [2.45, 2.75) is 77.8 Å². The van der Waals surface area contributed by atoms with Gasteiger partial charge in [-0.1, -0.05) is 74.8 Å². The van der Waals surface area contributed by atoms with Crippen LogP contribution < -0.4 is 34.7 Å². The van der Waals surface area contributed by atoms with Crippen LogP contribution in [0.1, 0.15) is 87.2 Å². The summed E-state index contributed by atoms with van der Waals surface area (Å²) >= 11 is 6.48. The van der Waals surface area contributed by atoms with Crippen molar-refractivity contribution in [3.05, 3.63) is 70.2 Å². The first kappa shape index (κ1) is 31.5. The molecule has 6 nitrogen and oxygen atoms in total. The summed E-state index contributed by atoms with van der Waals surface area (Å²) in [4.78, 5) is 43.8. The van der Waals surface area contributed by atoms with Crippen LogP contribution in [-0.4, -0.2) is 40.5 Å². The molecular weight excluding hydrogens is 523 g/mol. The number of halogens is 1. The molecule has 1 aliphatic heterocycles. The van der Waals surface area contributed by atoms with Crippen LogP contribution >= 0.6 is 11.6 Å². The van der Waals surface area contributed by atoms with E-state index in [0.29, 0.717) is 40.7 Å². The Hall–Kier alpha value is -1.99. The number of nitrogens with zero attached hydrogens (tertiary/aromatic N) is 2. The van der Waals surface area contributed by atoms with E-state index in [1.54, 1.807) is 18.2 Å². The summed E-state index contributed by atoms with van der Waals surface area (Å²) in [5, 5.41) is 11.1. The normalized spacial score (nSPS) is 21.0. The molecule has 1 saturated carbocycles. The molecule has 0 N–H and O–H groups in total. The maximum Gasteiger partial charge on any atom is 1.00 e. The number of aliphatic imine (C=N–C) groups is 1. The second-order valence-corrected chi connectivity index (χ2v) is 12.0. The predicted molar refractivity (Wildman–Crippen MR) is 147 cm³/mol. The molecule has 1 heterocycles. The van der Waals surface area contributed by atoms with Gasteiger partial charge in [-0.05, 0) is 67.9 Å². The molecule has 8 heteroatoms. The van der Waals surface area contributed by atoms with Gasteiger partial charge in [0.25, 0.3) is 5.91 Å². The summed E-state index contributed by atoms with van der Waals surface area (Å²) in [7, 11) is 0. The van der Waals surface area contributed by atoms with Crippen molar-refractivity contribution >= 4 is 35.0 Å². The minimum absolute atomic E-state index is 0. The Bertz CT molecular complexity index is 1230. The maximum atomic E-state index is 13.8. The molecule has 2 aliphatic rings. The predicted octanol–water partition coefficient (Wildman–Crippen LogP) is 2.25. The van der Waals surface area contributed by atoms with Crippen LogP contribution in [-0.2, 0) is 16.0 Å². The quantitative estimate of drug-likeness (QED) is 0.349. The van der Waals surface area contributed by atoms with Crippen LogP contribution in [0.2, 0.25) is 5.02 Å². The monoisotopic (exact) mass is 558 g/mol. The second kappa shape index (κ2) is 13.1. The molecule has 1 spiro atoms. The standard InChI is InChI=1S/C31H37ClN2O4.Na/c1-30(2,3)23-15-18-31(19-16-23)33-28(24-7-4-5-8-25(24)32)29(38)34(31)20-17-21-11-13-22(14-12-21)26(35)9-6-10-27(36)37;/h4-5,7-8,11-14,23H,6,9-10,15-20H2,1-3H3,(H,36,37);/q;+1/p-1. The number of hydrogen-bond donors (Lipinski definition) is 0. The molecule has 0 atom stereocenters. The van der Waals surface area contributed by atoms with E-state index in [4.69, 9.17) is 16.6 Å². The molecule has 202 valence electrons. The molecule has 0 saturated heterocycles. The SMILES string of the molecule is CC(C)(C)C1CCC2(CC1)N=C(c1ccccc1Cl)C(=O)N2CCc1ccc(C(=O)CCCC(=O)[O-])cc1.[Na+]. The molecule has 2 aromatic carbocycles. The fraction of sp³-hybridized carbons (Fsp3) is 0.484. The smallest absolute Gasteiger partial charge is 0.550 e. The van der Waals surface area contributed by atoms with Crippen LogP contribution in [0.3, 0.4) is 0 Å². The Morgan fingerprint density at radius 1 is 1.05 bits per heavy atom. The molecule has 1 fully saturated rings. The molecule has 0 bridgehead atoms. The summed E-state index contributed by atoms with van der Waals surface area (Å²) in [5.74, 6) is -0.718. The number of carboxylic acids is 1. The fourth-order valence-electron chi connectivity index (χ4n) is 5.74. The molecule has 0 radical (unpaired) electrons. The van der Waals surface area contributed by atoms with Crippen molar-refractivity contribution < 1.29 is 49.0 Å². The Kier molecular flexibility index (Phi) is 10.6. The van der Waals surface area contributed by atoms with Crippen LogP contribution in [0.4, 0.5) is 0 Å². The van der Waals surface area contributed by atoms with Gasteiger partial charge < -0.3 is 14.8 Å². The average molecular weight is 559 g/mol. The van der Waals surface area contributed by atoms with E-state index in [1.165, 1.54) is 0 Å². The van der Waals surface area contributed by atoms with Gasteiger partial charge in [-0.15, -0.1) is 0 Å². The van der Waals surface area contributed by atoms with E-state index in [2.05, 4.69) is 20.8 Å². The summed E-state index contributed by atoms with van der Waals surface area (Å²) in [6.07, 6.45) is 4.65. The molecule has 2 aromatic rings. The Morgan fingerprint density at radius 3 is 2.28 bits per heavy atom. The number of hydrogen-bond acceptors (Lipinski definition) is 5. The first-order chi connectivity index (χ1) is 18.0. The van der Waals surface area contributed by atoms with Gasteiger partial charge in [0.15, 0.2) is 5.78 Å². The van der Waals surface area contributed by atoms with E-state index >= 15 is 0 Å². The van der Waals surface area contributed by atoms with Gasteiger partial charge in [0.1, 0.15) is 11.4 Å². The van der Waals surface area contributed by atoms with Crippen LogP contribution in [0.5, 0.6) is 0 Å². The second-order valence-electron chi connectivity index (χ2n) is 11.6. The third-order valence-electron chi connectivity index (χ3n) is 8.09. The van der Waals surface area contributed by atoms with E-state index in [-0.39, 0.29) is 65.9 Å². The Labute approximate surface area is 258 Å². The van der Waals surface area contributed by atoms with Gasteiger partial charge >= 0.3 is 29.6 Å². The molecule has 1 aliphatic carbocycles. The van der Waals surface area contributed by atoms with Gasteiger partial charge in [-0.2, -0.15) is 0 Å². The fourth-order valence-corrected chi connectivity index (χ4v) is 5.96. The Morgan fingerprint density at radius 2 is 1.69 bits per heavy atom. The zero-order valence-electron chi connectivity index (χ0n) is 23.5. The van der Waals surface area contributed by atoms with Crippen LogP contribution in [0, 0.1) is 11.3 Å². The number of carbonyl (C=O) groups is 3. The van der Waals surface area contributed by atoms with Crippen molar-refractivity contribution in [2.24, 2.45) is 16.3 Å². The largest absolute Gasteiger partial charge is 1.00 e. The van der Waals surface area contributed by atoms with Crippen molar-refractivity contribution in [3.63, 3.8) is 0 Å². The van der Waals surface area contributed by atoms with Gasteiger partial charge in [0.05, 0.1) is 5.02 Å². The number of aliphatic carboxylic acids is 1. The summed E-state index contributed by atoms with van der Waals surface area (Å²) < 4.78 is 0. The van der Waals surface area contributed by atoms with Gasteiger partial charge in [0, 0.05) is 30.1 Å². The molecule has 39 heavy (non-hydrogen) atoms. The molecule has 0 unspecified atom stereocenters. The molecule has 4 rings (SSSR count).